The van der Waals surface area contributed by atoms with Crippen molar-refractivity contribution in [1.29, 1.82) is 0 Å². The molecule has 0 spiro atoms. The fourth-order valence-electron chi connectivity index (χ4n) is 3.60. The molecule has 0 aromatic heterocycles. The molecule has 3 aromatic rings. The molecule has 1 nitrogen and oxygen atoms in total. The van der Waals surface area contributed by atoms with E-state index in [0.29, 0.717) is 0 Å². The molecule has 1 heterocycles. The first-order valence-electron chi connectivity index (χ1n) is 8.05. The second kappa shape index (κ2) is 4.73. The minimum atomic E-state index is -0.0169. The first kappa shape index (κ1) is 14.1. The van der Waals surface area contributed by atoms with Crippen LogP contribution in [0.3, 0.4) is 0 Å². The third-order valence-corrected chi connectivity index (χ3v) is 5.24. The van der Waals surface area contributed by atoms with E-state index < -0.39 is 0 Å². The summed E-state index contributed by atoms with van der Waals surface area (Å²) in [7, 11) is 2.10. The number of benzene rings is 3. The Bertz CT molecular complexity index is 934. The summed E-state index contributed by atoms with van der Waals surface area (Å²) in [5.41, 5.74) is 6.30. The Morgan fingerprint density at radius 3 is 2.26 bits per heavy atom. The molecule has 0 bridgehead atoms. The highest BCUT2D eigenvalue weighted by molar-refractivity contribution is 5.88. The molecule has 0 amide bonds. The van der Waals surface area contributed by atoms with Crippen molar-refractivity contribution in [3.63, 3.8) is 0 Å². The fourth-order valence-corrected chi connectivity index (χ4v) is 3.60. The van der Waals surface area contributed by atoms with Gasteiger partial charge in [0.25, 0.3) is 0 Å². The van der Waals surface area contributed by atoms with E-state index in [2.05, 4.69) is 93.0 Å². The van der Waals surface area contributed by atoms with Gasteiger partial charge in [-0.05, 0) is 45.7 Å². The maximum Gasteiger partial charge on any atom is 0.0448 e. The van der Waals surface area contributed by atoms with Crippen molar-refractivity contribution in [2.24, 2.45) is 0 Å². The van der Waals surface area contributed by atoms with Crippen LogP contribution in [0.2, 0.25) is 0 Å². The van der Waals surface area contributed by atoms with Crippen molar-refractivity contribution < 1.29 is 0 Å². The molecule has 0 aliphatic carbocycles. The number of hydrogen-bond donors (Lipinski definition) is 0. The Labute approximate surface area is 137 Å². The lowest BCUT2D eigenvalue weighted by Crippen LogP contribution is -2.21. The first-order chi connectivity index (χ1) is 11.0. The predicted octanol–water partition coefficient (Wildman–Crippen LogP) is 5.75. The van der Waals surface area contributed by atoms with Crippen LogP contribution in [0.15, 0.2) is 72.9 Å². The third kappa shape index (κ3) is 2.00. The van der Waals surface area contributed by atoms with E-state index in [0.717, 1.165) is 5.70 Å². The van der Waals surface area contributed by atoms with Gasteiger partial charge in [0, 0.05) is 23.8 Å². The molecule has 114 valence electrons. The lowest BCUT2D eigenvalue weighted by atomic mass is 9.83. The molecule has 1 aliphatic heterocycles. The van der Waals surface area contributed by atoms with E-state index in [4.69, 9.17) is 0 Å². The van der Waals surface area contributed by atoms with E-state index in [-0.39, 0.29) is 5.41 Å². The minimum Gasteiger partial charge on any atom is -0.348 e. The lowest BCUT2D eigenvalue weighted by molar-refractivity contribution is 0.643. The largest absolute Gasteiger partial charge is 0.348 e. The summed E-state index contributed by atoms with van der Waals surface area (Å²) >= 11 is 0. The molecule has 1 heteroatoms. The maximum absolute atomic E-state index is 4.27. The quantitative estimate of drug-likeness (QED) is 0.553. The van der Waals surface area contributed by atoms with Crippen molar-refractivity contribution in [1.82, 2.24) is 0 Å². The van der Waals surface area contributed by atoms with Crippen LogP contribution >= 0.6 is 0 Å². The molecule has 4 rings (SSSR count). The van der Waals surface area contributed by atoms with Crippen LogP contribution in [-0.4, -0.2) is 7.05 Å². The molecule has 0 N–H and O–H groups in total. The van der Waals surface area contributed by atoms with Crippen LogP contribution < -0.4 is 4.90 Å². The molecule has 0 atom stereocenters. The minimum absolute atomic E-state index is 0.0169. The Balaban J connectivity index is 1.87. The van der Waals surface area contributed by atoms with E-state index in [1.54, 1.807) is 0 Å². The van der Waals surface area contributed by atoms with Gasteiger partial charge in [-0.3, -0.25) is 0 Å². The van der Waals surface area contributed by atoms with Gasteiger partial charge in [0.2, 0.25) is 0 Å². The summed E-state index contributed by atoms with van der Waals surface area (Å²) in [5, 5.41) is 2.57. The maximum atomic E-state index is 4.27. The summed E-state index contributed by atoms with van der Waals surface area (Å²) in [6.07, 6.45) is 0. The van der Waals surface area contributed by atoms with Crippen LogP contribution in [0.5, 0.6) is 0 Å². The first-order valence-corrected chi connectivity index (χ1v) is 8.05. The Morgan fingerprint density at radius 1 is 0.826 bits per heavy atom. The number of anilines is 1. The summed E-state index contributed by atoms with van der Waals surface area (Å²) in [4.78, 5) is 2.21. The average molecular weight is 299 g/mol. The standard InChI is InChI=1S/C22H21N/c1-15-22(2,3)20-14-19(11-12-21(20)23(15)4)18-10-9-16-7-5-6-8-17(16)13-18/h5-14H,1H2,2-4H3. The second-order valence-corrected chi connectivity index (χ2v) is 6.92. The van der Waals surface area contributed by atoms with Crippen LogP contribution in [0.4, 0.5) is 5.69 Å². The van der Waals surface area contributed by atoms with E-state index in [1.165, 1.54) is 33.2 Å². The number of hydrogen-bond acceptors (Lipinski definition) is 1. The van der Waals surface area contributed by atoms with Gasteiger partial charge in [-0.2, -0.15) is 0 Å². The Kier molecular flexibility index (Phi) is 2.89. The van der Waals surface area contributed by atoms with Crippen LogP contribution in [-0.2, 0) is 5.41 Å². The van der Waals surface area contributed by atoms with Gasteiger partial charge < -0.3 is 4.90 Å². The molecule has 3 aromatic carbocycles. The second-order valence-electron chi connectivity index (χ2n) is 6.92. The molecular weight excluding hydrogens is 278 g/mol. The van der Waals surface area contributed by atoms with Crippen LogP contribution in [0.25, 0.3) is 21.9 Å². The summed E-state index contributed by atoms with van der Waals surface area (Å²) in [5.74, 6) is 0. The van der Waals surface area contributed by atoms with Crippen LogP contribution in [0.1, 0.15) is 19.4 Å². The predicted molar refractivity (Wildman–Crippen MR) is 100.0 cm³/mol. The molecular formula is C22H21N. The average Bonchev–Trinajstić information content (AvgIpc) is 2.75. The van der Waals surface area contributed by atoms with Crippen molar-refractivity contribution in [2.75, 3.05) is 11.9 Å². The van der Waals surface area contributed by atoms with Crippen molar-refractivity contribution in [3.8, 4) is 11.1 Å². The Morgan fingerprint density at radius 2 is 1.48 bits per heavy atom. The third-order valence-electron chi connectivity index (χ3n) is 5.24. The molecule has 0 unspecified atom stereocenters. The number of fused-ring (bicyclic) bond motifs is 2. The molecule has 1 aliphatic rings. The van der Waals surface area contributed by atoms with Gasteiger partial charge in [0.15, 0.2) is 0 Å². The van der Waals surface area contributed by atoms with E-state index in [9.17, 15) is 0 Å². The number of likely N-dealkylation sites (N-methyl/N-ethyl adjacent to an activating group) is 1. The molecule has 23 heavy (non-hydrogen) atoms. The SMILES string of the molecule is C=C1N(C)c2ccc(-c3ccc4ccccc4c3)cc2C1(C)C. The monoisotopic (exact) mass is 299 g/mol. The van der Waals surface area contributed by atoms with E-state index >= 15 is 0 Å². The highest BCUT2D eigenvalue weighted by atomic mass is 15.1. The topological polar surface area (TPSA) is 3.24 Å². The van der Waals surface area contributed by atoms with Gasteiger partial charge in [-0.15, -0.1) is 0 Å². The number of allylic oxidation sites excluding steroid dienone is 1. The van der Waals surface area contributed by atoms with Gasteiger partial charge in [0.05, 0.1) is 0 Å². The molecule has 0 fully saturated rings. The summed E-state index contributed by atoms with van der Waals surface area (Å²) in [6, 6.07) is 22.0. The van der Waals surface area contributed by atoms with Gasteiger partial charge in [-0.25, -0.2) is 0 Å². The zero-order chi connectivity index (χ0) is 16.2. The summed E-state index contributed by atoms with van der Waals surface area (Å²) < 4.78 is 0. The van der Waals surface area contributed by atoms with Gasteiger partial charge in [0.1, 0.15) is 0 Å². The Hall–Kier alpha value is -2.54. The molecule has 0 radical (unpaired) electrons. The smallest absolute Gasteiger partial charge is 0.0448 e. The fraction of sp³-hybridized carbons (Fsp3) is 0.182. The molecule has 0 saturated carbocycles. The zero-order valence-corrected chi connectivity index (χ0v) is 13.9. The van der Waals surface area contributed by atoms with Gasteiger partial charge >= 0.3 is 0 Å². The highest BCUT2D eigenvalue weighted by Crippen LogP contribution is 2.47. The normalized spacial score (nSPS) is 16.0. The number of nitrogens with zero attached hydrogens (tertiary/aromatic N) is 1. The summed E-state index contributed by atoms with van der Waals surface area (Å²) in [6.45, 7) is 8.78. The number of rotatable bonds is 1. The van der Waals surface area contributed by atoms with E-state index in [1.807, 2.05) is 0 Å². The van der Waals surface area contributed by atoms with Gasteiger partial charge in [-0.1, -0.05) is 62.9 Å². The van der Waals surface area contributed by atoms with Crippen molar-refractivity contribution >= 4 is 16.5 Å². The highest BCUT2D eigenvalue weighted by Gasteiger charge is 2.37. The van der Waals surface area contributed by atoms with Crippen LogP contribution in [0, 0.1) is 0 Å². The molecule has 0 saturated heterocycles. The van der Waals surface area contributed by atoms with Crippen molar-refractivity contribution in [3.05, 3.63) is 78.5 Å². The van der Waals surface area contributed by atoms with Crippen molar-refractivity contribution in [2.45, 2.75) is 19.3 Å². The lowest BCUT2D eigenvalue weighted by Gasteiger charge is -2.22. The zero-order valence-electron chi connectivity index (χ0n) is 13.9.